The van der Waals surface area contributed by atoms with Gasteiger partial charge in [0.05, 0.1) is 0 Å². The van der Waals surface area contributed by atoms with Crippen LogP contribution in [0.4, 0.5) is 11.9 Å². The minimum atomic E-state index is 0.167. The average molecular weight is 1770 g/mol. The molecule has 0 atom stereocenters. The maximum atomic E-state index is 5.22. The fraction of sp³-hybridized carbons (Fsp3) is 0.0517. The third-order valence-corrected chi connectivity index (χ3v) is 21.5. The van der Waals surface area contributed by atoms with E-state index in [1.807, 2.05) is 312 Å². The van der Waals surface area contributed by atoms with Crippen molar-refractivity contribution in [2.75, 3.05) is 11.5 Å². The molecule has 20 nitrogen and oxygen atoms in total. The third-order valence-electron chi connectivity index (χ3n) is 21.5. The normalized spacial score (nSPS) is 10.6. The van der Waals surface area contributed by atoms with Gasteiger partial charge in [0.25, 0.3) is 0 Å². The summed E-state index contributed by atoms with van der Waals surface area (Å²) in [6, 6.07) is 143. The first kappa shape index (κ1) is 89.7. The van der Waals surface area contributed by atoms with Crippen LogP contribution in [0.1, 0.15) is 34.4 Å². The van der Waals surface area contributed by atoms with Crippen molar-refractivity contribution in [3.05, 3.63) is 459 Å². The van der Waals surface area contributed by atoms with Crippen LogP contribution in [0.5, 0.6) is 0 Å². The molecule has 22 rings (SSSR count). The summed E-state index contributed by atoms with van der Waals surface area (Å²) < 4.78 is 0. The van der Waals surface area contributed by atoms with Crippen molar-refractivity contribution in [1.82, 2.24) is 89.7 Å². The number of hydrogen-bond acceptors (Lipinski definition) is 20. The van der Waals surface area contributed by atoms with Crippen LogP contribution in [-0.4, -0.2) is 89.7 Å². The highest BCUT2D eigenvalue weighted by atomic mass is 15.1. The first-order chi connectivity index (χ1) is 66.6. The van der Waals surface area contributed by atoms with Gasteiger partial charge >= 0.3 is 0 Å². The molecule has 136 heavy (non-hydrogen) atoms. The smallest absolute Gasteiger partial charge is 0.225 e. The van der Waals surface area contributed by atoms with Gasteiger partial charge in [-0.05, 0) is 116 Å². The van der Waals surface area contributed by atoms with Crippen LogP contribution >= 0.6 is 0 Å². The lowest BCUT2D eigenvalue weighted by atomic mass is 10.0. The Morgan fingerprint density at radius 3 is 0.610 bits per heavy atom. The van der Waals surface area contributed by atoms with Crippen molar-refractivity contribution in [2.24, 2.45) is 0 Å². The number of benzene rings is 16. The first-order valence-corrected chi connectivity index (χ1v) is 44.3. The predicted octanol–water partition coefficient (Wildman–Crippen LogP) is 25.9. The van der Waals surface area contributed by atoms with Crippen LogP contribution in [0.15, 0.2) is 425 Å². The fourth-order valence-corrected chi connectivity index (χ4v) is 14.9. The summed E-state index contributed by atoms with van der Waals surface area (Å²) in [4.78, 5) is 80.6. The number of aryl methyl sites for hydroxylation is 6. The number of nitrogens with zero attached hydrogens (tertiary/aromatic N) is 18. The van der Waals surface area contributed by atoms with Gasteiger partial charge in [0.1, 0.15) is 23.3 Å². The van der Waals surface area contributed by atoms with E-state index in [9.17, 15) is 0 Å². The lowest BCUT2D eigenvalue weighted by Crippen LogP contribution is -2.03. The predicted molar refractivity (Wildman–Crippen MR) is 547 cm³/mol. The van der Waals surface area contributed by atoms with Gasteiger partial charge in [-0.15, -0.1) is 0 Å². The number of nitrogen functional groups attached to an aromatic ring is 2. The second kappa shape index (κ2) is 43.4. The molecule has 0 amide bonds. The van der Waals surface area contributed by atoms with Crippen molar-refractivity contribution in [1.29, 1.82) is 0 Å². The summed E-state index contributed by atoms with van der Waals surface area (Å²) in [5, 5.41) is 4.78. The second-order valence-corrected chi connectivity index (χ2v) is 31.8. The molecule has 656 valence electrons. The van der Waals surface area contributed by atoms with Crippen molar-refractivity contribution in [2.45, 2.75) is 41.5 Å². The minimum absolute atomic E-state index is 0.167. The fourth-order valence-electron chi connectivity index (χ4n) is 14.9. The summed E-state index contributed by atoms with van der Waals surface area (Å²) >= 11 is 0. The minimum Gasteiger partial charge on any atom is -0.368 e. The molecular weight excluding hydrogens is 1670 g/mol. The number of nitrogens with two attached hydrogens (primary N) is 2. The molecule has 16 aromatic carbocycles. The Kier molecular flexibility index (Phi) is 28.6. The second-order valence-electron chi connectivity index (χ2n) is 31.8. The molecule has 22 aromatic rings. The number of fused-ring (bicyclic) bond motifs is 2. The zero-order valence-electron chi connectivity index (χ0n) is 75.6. The van der Waals surface area contributed by atoms with Gasteiger partial charge in [0.2, 0.25) is 11.9 Å². The van der Waals surface area contributed by atoms with E-state index >= 15 is 0 Å². The summed E-state index contributed by atoms with van der Waals surface area (Å²) in [5.74, 6) is 11.4. The summed E-state index contributed by atoms with van der Waals surface area (Å²) in [6.45, 7) is 11.6. The molecule has 0 fully saturated rings. The van der Waals surface area contributed by atoms with Gasteiger partial charge in [-0.1, -0.05) is 405 Å². The highest BCUT2D eigenvalue weighted by molar-refractivity contribution is 5.88. The molecule has 20 heteroatoms. The molecule has 0 aliphatic rings. The summed E-state index contributed by atoms with van der Waals surface area (Å²) in [5.41, 5.74) is 29.3. The number of aromatic nitrogens is 18. The Morgan fingerprint density at radius 1 is 0.125 bits per heavy atom. The SMILES string of the molecule is Cc1ccc(-c2nc(-c3ccccc3)nc(-c3ccccc3)n2)cc1.Cc1cccc(-c2nc(-c3ccccc3)nc(-c3ccccc3)n2)c1.Cc1nc(-c2ccc3ccccc3c2)nc(-c2ccc3ccccc3c2)n1.Cc1nc(-c2cccc(-c3ccccc3)c2)nc(-c2cccc(-c3ccccc3)c2)n1.Cc1nc(-c2ccccc2)nc(-c2ccccc2)n1.Cc1nc(N)nc(N)n1. The van der Waals surface area contributed by atoms with Crippen molar-refractivity contribution >= 4 is 33.4 Å². The zero-order valence-corrected chi connectivity index (χ0v) is 75.6. The third kappa shape index (κ3) is 23.6. The quantitative estimate of drug-likeness (QED) is 0.102. The molecule has 0 unspecified atom stereocenters. The Hall–Kier alpha value is -18.3. The van der Waals surface area contributed by atoms with E-state index in [0.717, 1.165) is 89.5 Å². The standard InChI is InChI=1S/C28H21N3.C24H17N3.2C22H17N3.C16H13N3.C4H7N5/c1-20-29-27(25-16-8-14-23(18-25)21-10-4-2-5-11-21)31-28(30-20)26-17-9-15-24(19-26)22-12-6-3-7-13-22;1-16-25-23(21-12-10-17-6-2-4-8-19(17)14-21)27-24(26-16)22-13-11-18-7-3-5-9-20(18)15-22;1-16-9-8-14-19(15-16)22-24-20(17-10-4-2-5-11-17)23-21(25-22)18-12-6-3-7-13-18;1-16-12-14-19(15-13-16)22-24-20(17-8-4-2-5-9-17)23-21(25-22)18-10-6-3-7-11-18;1-12-17-15(13-8-4-2-5-9-13)19-16(18-12)14-10-6-3-7-11-14;1-2-7-3(5)9-4(6)8-2/h2-19H,1H3;2-15H,1H3;2*2-15H,1H3;2-11H,1H3;1H3,(H4,5,6,7,8,9). The Labute approximate surface area is 789 Å². The van der Waals surface area contributed by atoms with E-state index in [-0.39, 0.29) is 11.9 Å². The van der Waals surface area contributed by atoms with E-state index in [4.69, 9.17) is 51.3 Å². The van der Waals surface area contributed by atoms with Gasteiger partial charge in [-0.2, -0.15) is 15.0 Å². The number of anilines is 2. The van der Waals surface area contributed by atoms with Gasteiger partial charge in [0, 0.05) is 66.8 Å². The van der Waals surface area contributed by atoms with Crippen LogP contribution in [-0.2, 0) is 0 Å². The maximum absolute atomic E-state index is 5.22. The number of hydrogen-bond donors (Lipinski definition) is 2. The molecule has 6 aromatic heterocycles. The molecule has 0 aliphatic carbocycles. The highest BCUT2D eigenvalue weighted by Gasteiger charge is 2.18. The first-order valence-electron chi connectivity index (χ1n) is 44.3. The molecule has 0 bridgehead atoms. The van der Waals surface area contributed by atoms with E-state index < -0.39 is 0 Å². The van der Waals surface area contributed by atoms with Gasteiger partial charge in [-0.25, -0.2) is 74.8 Å². The molecule has 4 N–H and O–H groups in total. The van der Waals surface area contributed by atoms with E-state index in [0.29, 0.717) is 81.5 Å². The molecule has 0 aliphatic heterocycles. The molecule has 0 spiro atoms. The van der Waals surface area contributed by atoms with E-state index in [2.05, 4.69) is 197 Å². The topological polar surface area (TPSA) is 284 Å². The molecule has 0 saturated carbocycles. The van der Waals surface area contributed by atoms with Crippen LogP contribution < -0.4 is 11.5 Å². The Morgan fingerprint density at radius 2 is 0.324 bits per heavy atom. The summed E-state index contributed by atoms with van der Waals surface area (Å²) in [7, 11) is 0. The average Bonchev–Trinajstić information content (AvgIpc) is 0.841. The Balaban J connectivity index is 0.000000116. The van der Waals surface area contributed by atoms with E-state index in [1.54, 1.807) is 6.92 Å². The lowest BCUT2D eigenvalue weighted by molar-refractivity contribution is 0.991. The van der Waals surface area contributed by atoms with Gasteiger partial charge in [0.15, 0.2) is 69.9 Å². The summed E-state index contributed by atoms with van der Waals surface area (Å²) in [6.07, 6.45) is 0. The molecule has 6 heterocycles. The van der Waals surface area contributed by atoms with Gasteiger partial charge < -0.3 is 11.5 Å². The van der Waals surface area contributed by atoms with Crippen molar-refractivity contribution in [3.63, 3.8) is 0 Å². The monoisotopic (exact) mass is 1760 g/mol. The van der Waals surface area contributed by atoms with Gasteiger partial charge in [-0.3, -0.25) is 0 Å². The highest BCUT2D eigenvalue weighted by Crippen LogP contribution is 2.34. The maximum Gasteiger partial charge on any atom is 0.225 e. The molecular formula is C116H92N20. The zero-order chi connectivity index (χ0) is 93.3. The lowest BCUT2D eigenvalue weighted by Gasteiger charge is -2.09. The van der Waals surface area contributed by atoms with Crippen LogP contribution in [0.25, 0.3) is 180 Å². The van der Waals surface area contributed by atoms with Crippen molar-refractivity contribution in [3.8, 4) is 159 Å². The van der Waals surface area contributed by atoms with Crippen LogP contribution in [0, 0.1) is 41.5 Å². The number of rotatable bonds is 14. The van der Waals surface area contributed by atoms with E-state index in [1.165, 1.54) is 43.8 Å². The Bertz CT molecular complexity index is 7370. The van der Waals surface area contributed by atoms with Crippen LogP contribution in [0.2, 0.25) is 0 Å². The van der Waals surface area contributed by atoms with Crippen LogP contribution in [0.3, 0.4) is 0 Å². The largest absolute Gasteiger partial charge is 0.368 e. The molecule has 0 saturated heterocycles. The van der Waals surface area contributed by atoms with Crippen molar-refractivity contribution < 1.29 is 0 Å². The molecule has 0 radical (unpaired) electrons.